The van der Waals surface area contributed by atoms with E-state index in [0.29, 0.717) is 25.4 Å². The first-order valence-electron chi connectivity index (χ1n) is 12.4. The van der Waals surface area contributed by atoms with Crippen LogP contribution in [0.2, 0.25) is 0 Å². The smallest absolute Gasteiger partial charge is 0.242 e. The molecule has 0 aliphatic carbocycles. The van der Waals surface area contributed by atoms with Gasteiger partial charge in [-0.1, -0.05) is 67.6 Å². The minimum atomic E-state index is -0.474. The van der Waals surface area contributed by atoms with Crippen molar-refractivity contribution >= 4 is 11.8 Å². The lowest BCUT2D eigenvalue weighted by Crippen LogP contribution is -2.44. The Morgan fingerprint density at radius 3 is 2.03 bits per heavy atom. The second-order valence-corrected chi connectivity index (χ2v) is 8.95. The molecule has 186 valence electrons. The lowest BCUT2D eigenvalue weighted by atomic mass is 9.90. The average Bonchev–Trinajstić information content (AvgIpc) is 3.56. The van der Waals surface area contributed by atoms with Crippen molar-refractivity contribution in [3.8, 4) is 0 Å². The summed E-state index contributed by atoms with van der Waals surface area (Å²) in [7, 11) is 1.96. The standard InChI is InChI=1S/C30H33N3O3/c1-3-18-32(30(35)29(24-12-6-4-7-13-24)25-14-8-5-9-15-25)23-28(34)33(22-27-17-11-20-36-27)21-26-16-10-19-31(26)2/h4-17,19-20,29H,3,18,21-23H2,1-2H3. The van der Waals surface area contributed by atoms with E-state index in [9.17, 15) is 9.59 Å². The Morgan fingerprint density at radius 1 is 0.833 bits per heavy atom. The van der Waals surface area contributed by atoms with Crippen molar-refractivity contribution in [1.82, 2.24) is 14.4 Å². The van der Waals surface area contributed by atoms with Crippen LogP contribution < -0.4 is 0 Å². The largest absolute Gasteiger partial charge is 0.467 e. The molecular weight excluding hydrogens is 450 g/mol. The summed E-state index contributed by atoms with van der Waals surface area (Å²) in [6.45, 7) is 3.30. The molecule has 0 fully saturated rings. The normalized spacial score (nSPS) is 11.0. The Hall–Kier alpha value is -4.06. The molecule has 0 spiro atoms. The fraction of sp³-hybridized carbons (Fsp3) is 0.267. The van der Waals surface area contributed by atoms with Crippen LogP contribution in [0, 0.1) is 0 Å². The predicted octanol–water partition coefficient (Wildman–Crippen LogP) is 5.22. The van der Waals surface area contributed by atoms with Crippen molar-refractivity contribution < 1.29 is 14.0 Å². The molecule has 0 atom stereocenters. The second kappa shape index (κ2) is 12.1. The maximum absolute atomic E-state index is 14.0. The number of amides is 2. The Balaban J connectivity index is 1.60. The quantitative estimate of drug-likeness (QED) is 0.294. The molecule has 36 heavy (non-hydrogen) atoms. The lowest BCUT2D eigenvalue weighted by molar-refractivity contribution is -0.141. The van der Waals surface area contributed by atoms with Crippen molar-refractivity contribution in [3.05, 3.63) is 120 Å². The zero-order chi connectivity index (χ0) is 25.3. The highest BCUT2D eigenvalue weighted by atomic mass is 16.3. The number of hydrogen-bond acceptors (Lipinski definition) is 3. The van der Waals surface area contributed by atoms with Gasteiger partial charge >= 0.3 is 0 Å². The number of furan rings is 1. The molecule has 0 N–H and O–H groups in total. The molecule has 0 aliphatic rings. The van der Waals surface area contributed by atoms with E-state index in [1.807, 2.05) is 110 Å². The highest BCUT2D eigenvalue weighted by molar-refractivity contribution is 5.91. The zero-order valence-electron chi connectivity index (χ0n) is 20.9. The van der Waals surface area contributed by atoms with E-state index in [1.165, 1.54) is 0 Å². The third-order valence-electron chi connectivity index (χ3n) is 6.33. The van der Waals surface area contributed by atoms with Gasteiger partial charge in [0, 0.05) is 25.5 Å². The molecule has 0 unspecified atom stereocenters. The molecule has 2 heterocycles. The summed E-state index contributed by atoms with van der Waals surface area (Å²) < 4.78 is 7.53. The monoisotopic (exact) mass is 483 g/mol. The molecule has 6 nitrogen and oxygen atoms in total. The van der Waals surface area contributed by atoms with Crippen LogP contribution in [-0.4, -0.2) is 39.3 Å². The minimum absolute atomic E-state index is 0.00791. The fourth-order valence-electron chi connectivity index (χ4n) is 4.43. The number of nitrogens with zero attached hydrogens (tertiary/aromatic N) is 3. The minimum Gasteiger partial charge on any atom is -0.467 e. The van der Waals surface area contributed by atoms with Gasteiger partial charge in [0.05, 0.1) is 31.8 Å². The van der Waals surface area contributed by atoms with E-state index in [1.54, 1.807) is 16.1 Å². The first-order chi connectivity index (χ1) is 17.6. The fourth-order valence-corrected chi connectivity index (χ4v) is 4.43. The average molecular weight is 484 g/mol. The third-order valence-corrected chi connectivity index (χ3v) is 6.33. The molecule has 6 heteroatoms. The number of aromatic nitrogens is 1. The summed E-state index contributed by atoms with van der Waals surface area (Å²) in [6, 6.07) is 27.2. The van der Waals surface area contributed by atoms with Crippen molar-refractivity contribution in [2.75, 3.05) is 13.1 Å². The molecule has 2 aromatic carbocycles. The second-order valence-electron chi connectivity index (χ2n) is 8.95. The summed E-state index contributed by atoms with van der Waals surface area (Å²) >= 11 is 0. The number of aryl methyl sites for hydroxylation is 1. The lowest BCUT2D eigenvalue weighted by Gasteiger charge is -2.30. The summed E-state index contributed by atoms with van der Waals surface area (Å²) in [4.78, 5) is 31.1. The van der Waals surface area contributed by atoms with E-state index in [-0.39, 0.29) is 18.4 Å². The highest BCUT2D eigenvalue weighted by Crippen LogP contribution is 2.27. The van der Waals surface area contributed by atoms with E-state index < -0.39 is 5.92 Å². The number of hydrogen-bond donors (Lipinski definition) is 0. The van der Waals surface area contributed by atoms with Crippen LogP contribution in [-0.2, 0) is 29.7 Å². The van der Waals surface area contributed by atoms with Gasteiger partial charge in [-0.3, -0.25) is 9.59 Å². The van der Waals surface area contributed by atoms with Crippen LogP contribution in [0.25, 0.3) is 0 Å². The van der Waals surface area contributed by atoms with E-state index >= 15 is 0 Å². The van der Waals surface area contributed by atoms with E-state index in [0.717, 1.165) is 23.2 Å². The molecule has 0 saturated carbocycles. The van der Waals surface area contributed by atoms with Gasteiger partial charge in [-0.25, -0.2) is 0 Å². The predicted molar refractivity (Wildman–Crippen MR) is 140 cm³/mol. The van der Waals surface area contributed by atoms with Gasteiger partial charge in [0.1, 0.15) is 5.76 Å². The highest BCUT2D eigenvalue weighted by Gasteiger charge is 2.30. The van der Waals surface area contributed by atoms with Gasteiger partial charge in [0.25, 0.3) is 0 Å². The van der Waals surface area contributed by atoms with Crippen LogP contribution in [0.5, 0.6) is 0 Å². The van der Waals surface area contributed by atoms with Crippen molar-refractivity contribution in [2.24, 2.45) is 7.05 Å². The molecule has 4 rings (SSSR count). The van der Waals surface area contributed by atoms with Gasteiger partial charge in [-0.05, 0) is 41.8 Å². The molecular formula is C30H33N3O3. The molecule has 0 saturated heterocycles. The summed E-state index contributed by atoms with van der Waals surface area (Å²) in [5.41, 5.74) is 2.84. The van der Waals surface area contributed by atoms with Gasteiger partial charge in [0.2, 0.25) is 11.8 Å². The summed E-state index contributed by atoms with van der Waals surface area (Å²) in [6.07, 6.45) is 4.32. The summed E-state index contributed by atoms with van der Waals surface area (Å²) in [5.74, 6) is 0.0456. The van der Waals surface area contributed by atoms with Crippen LogP contribution in [0.4, 0.5) is 0 Å². The van der Waals surface area contributed by atoms with Gasteiger partial charge in [-0.2, -0.15) is 0 Å². The van der Waals surface area contributed by atoms with Gasteiger partial charge < -0.3 is 18.8 Å². The van der Waals surface area contributed by atoms with Crippen molar-refractivity contribution in [3.63, 3.8) is 0 Å². The van der Waals surface area contributed by atoms with Crippen molar-refractivity contribution in [1.29, 1.82) is 0 Å². The Morgan fingerprint density at radius 2 is 1.50 bits per heavy atom. The van der Waals surface area contributed by atoms with Gasteiger partial charge in [-0.15, -0.1) is 0 Å². The molecule has 0 bridgehead atoms. The molecule has 2 aromatic heterocycles. The molecule has 4 aromatic rings. The number of carbonyl (C=O) groups excluding carboxylic acids is 2. The number of rotatable bonds is 11. The number of carbonyl (C=O) groups is 2. The third kappa shape index (κ3) is 6.13. The first kappa shape index (κ1) is 25.0. The molecule has 0 radical (unpaired) electrons. The molecule has 2 amide bonds. The van der Waals surface area contributed by atoms with E-state index in [2.05, 4.69) is 0 Å². The Labute approximate surface area is 212 Å². The zero-order valence-corrected chi connectivity index (χ0v) is 20.9. The van der Waals surface area contributed by atoms with E-state index in [4.69, 9.17) is 4.42 Å². The van der Waals surface area contributed by atoms with Crippen molar-refractivity contribution in [2.45, 2.75) is 32.4 Å². The SMILES string of the molecule is CCCN(CC(=O)N(Cc1ccco1)Cc1cccn1C)C(=O)C(c1ccccc1)c1ccccc1. The summed E-state index contributed by atoms with van der Waals surface area (Å²) in [5, 5.41) is 0. The van der Waals surface area contributed by atoms with Crippen LogP contribution >= 0.6 is 0 Å². The topological polar surface area (TPSA) is 58.7 Å². The van der Waals surface area contributed by atoms with Gasteiger partial charge in [0.15, 0.2) is 0 Å². The molecule has 0 aliphatic heterocycles. The Kier molecular flexibility index (Phi) is 8.40. The maximum atomic E-state index is 14.0. The number of benzene rings is 2. The van der Waals surface area contributed by atoms with Crippen LogP contribution in [0.1, 0.15) is 41.8 Å². The first-order valence-corrected chi connectivity index (χ1v) is 12.4. The Bertz CT molecular complexity index is 1190. The van der Waals surface area contributed by atoms with Crippen LogP contribution in [0.15, 0.2) is 102 Å². The maximum Gasteiger partial charge on any atom is 0.242 e. The van der Waals surface area contributed by atoms with Crippen LogP contribution in [0.3, 0.4) is 0 Å².